The lowest BCUT2D eigenvalue weighted by Crippen LogP contribution is -2.74. The summed E-state index contributed by atoms with van der Waals surface area (Å²) in [5.74, 6) is -0.104. The van der Waals surface area contributed by atoms with Crippen molar-refractivity contribution in [2.45, 2.75) is 31.3 Å². The van der Waals surface area contributed by atoms with E-state index in [1.54, 1.807) is 0 Å². The van der Waals surface area contributed by atoms with Crippen LogP contribution in [0.4, 0.5) is 0 Å². The zero-order valence-electron chi connectivity index (χ0n) is 12.7. The number of nitrogens with one attached hydrogen (secondary N) is 2. The van der Waals surface area contributed by atoms with Crippen molar-refractivity contribution in [3.05, 3.63) is 28.1 Å². The number of thiophene rings is 1. The van der Waals surface area contributed by atoms with Crippen molar-refractivity contribution in [2.24, 2.45) is 0 Å². The summed E-state index contributed by atoms with van der Waals surface area (Å²) in [6.45, 7) is 2.81. The third-order valence-electron chi connectivity index (χ3n) is 4.53. The first kappa shape index (κ1) is 14.6. The highest BCUT2D eigenvalue weighted by atomic mass is 32.1. The Morgan fingerprint density at radius 3 is 3.04 bits per heavy atom. The molecule has 2 fully saturated rings. The molecule has 2 aromatic heterocycles. The van der Waals surface area contributed by atoms with Gasteiger partial charge in [-0.1, -0.05) is 6.07 Å². The maximum absolute atomic E-state index is 12.7. The van der Waals surface area contributed by atoms with Gasteiger partial charge in [0.05, 0.1) is 24.8 Å². The van der Waals surface area contributed by atoms with Crippen LogP contribution in [-0.4, -0.2) is 41.6 Å². The standard InChI is InChI=1S/C16H17N3O3S/c1-9-2-3-10-6-23-14(13(10)17-9)15(21)18-11-4-5-12(20)19-16(11)7-22-8-16/h2-3,6,11H,4-5,7-8H2,1H3,(H,18,21)(H,19,20). The largest absolute Gasteiger partial charge is 0.376 e. The van der Waals surface area contributed by atoms with Crippen molar-refractivity contribution in [1.82, 2.24) is 15.6 Å². The summed E-state index contributed by atoms with van der Waals surface area (Å²) in [6.07, 6.45) is 1.06. The van der Waals surface area contributed by atoms with Crippen LogP contribution in [0, 0.1) is 6.92 Å². The molecule has 0 saturated carbocycles. The molecule has 1 unspecified atom stereocenters. The van der Waals surface area contributed by atoms with Crippen LogP contribution in [0.3, 0.4) is 0 Å². The monoisotopic (exact) mass is 331 g/mol. The number of rotatable bonds is 2. The summed E-state index contributed by atoms with van der Waals surface area (Å²) in [5.41, 5.74) is 1.19. The van der Waals surface area contributed by atoms with Crippen LogP contribution in [0.1, 0.15) is 28.2 Å². The van der Waals surface area contributed by atoms with E-state index in [1.165, 1.54) is 11.3 Å². The molecule has 23 heavy (non-hydrogen) atoms. The van der Waals surface area contributed by atoms with E-state index in [9.17, 15) is 9.59 Å². The second-order valence-corrected chi connectivity index (χ2v) is 7.10. The van der Waals surface area contributed by atoms with Gasteiger partial charge in [0.1, 0.15) is 10.4 Å². The van der Waals surface area contributed by atoms with Gasteiger partial charge in [0.25, 0.3) is 5.91 Å². The fourth-order valence-corrected chi connectivity index (χ4v) is 4.07. The molecule has 2 aliphatic heterocycles. The van der Waals surface area contributed by atoms with Crippen molar-refractivity contribution in [2.75, 3.05) is 13.2 Å². The second-order valence-electron chi connectivity index (χ2n) is 6.22. The topological polar surface area (TPSA) is 80.3 Å². The van der Waals surface area contributed by atoms with Gasteiger partial charge in [0.2, 0.25) is 5.91 Å². The molecule has 2 aromatic rings. The minimum absolute atomic E-state index is 0.0256. The lowest BCUT2D eigenvalue weighted by Gasteiger charge is -2.50. The lowest BCUT2D eigenvalue weighted by molar-refractivity contribution is -0.143. The average Bonchev–Trinajstić information content (AvgIpc) is 2.90. The number of fused-ring (bicyclic) bond motifs is 1. The number of pyridine rings is 1. The van der Waals surface area contributed by atoms with E-state index in [2.05, 4.69) is 15.6 Å². The number of ether oxygens (including phenoxy) is 1. The van der Waals surface area contributed by atoms with Gasteiger partial charge in [0.15, 0.2) is 0 Å². The summed E-state index contributed by atoms with van der Waals surface area (Å²) in [4.78, 5) is 29.5. The van der Waals surface area contributed by atoms with Gasteiger partial charge in [0, 0.05) is 22.9 Å². The lowest BCUT2D eigenvalue weighted by atomic mass is 9.81. The Morgan fingerprint density at radius 2 is 2.30 bits per heavy atom. The number of aryl methyl sites for hydroxylation is 1. The Balaban J connectivity index is 1.59. The molecule has 2 saturated heterocycles. The van der Waals surface area contributed by atoms with Crippen molar-refractivity contribution in [3.63, 3.8) is 0 Å². The van der Waals surface area contributed by atoms with Crippen molar-refractivity contribution < 1.29 is 14.3 Å². The first-order valence-electron chi connectivity index (χ1n) is 7.62. The molecular weight excluding hydrogens is 314 g/mol. The molecule has 2 N–H and O–H groups in total. The fourth-order valence-electron chi connectivity index (χ4n) is 3.19. The van der Waals surface area contributed by atoms with Crippen LogP contribution in [0.2, 0.25) is 0 Å². The summed E-state index contributed by atoms with van der Waals surface area (Å²) >= 11 is 1.40. The number of hydrogen-bond acceptors (Lipinski definition) is 5. The van der Waals surface area contributed by atoms with Crippen LogP contribution >= 0.6 is 11.3 Å². The normalized spacial score (nSPS) is 22.7. The van der Waals surface area contributed by atoms with E-state index in [1.807, 2.05) is 24.4 Å². The van der Waals surface area contributed by atoms with Crippen molar-refractivity contribution in [3.8, 4) is 0 Å². The Kier molecular flexibility index (Phi) is 3.35. The first-order chi connectivity index (χ1) is 11.1. The van der Waals surface area contributed by atoms with Gasteiger partial charge in [-0.3, -0.25) is 14.6 Å². The van der Waals surface area contributed by atoms with Gasteiger partial charge in [-0.15, -0.1) is 11.3 Å². The molecule has 120 valence electrons. The Bertz CT molecular complexity index is 797. The Hall–Kier alpha value is -1.99. The third-order valence-corrected chi connectivity index (χ3v) is 5.52. The molecule has 2 amide bonds. The maximum atomic E-state index is 12.7. The molecular formula is C16H17N3O3S. The van der Waals surface area contributed by atoms with E-state index in [0.29, 0.717) is 30.9 Å². The summed E-state index contributed by atoms with van der Waals surface area (Å²) < 4.78 is 5.28. The second kappa shape index (κ2) is 5.28. The first-order valence-corrected chi connectivity index (χ1v) is 8.50. The number of piperidine rings is 1. The minimum atomic E-state index is -0.443. The molecule has 0 aliphatic carbocycles. The van der Waals surface area contributed by atoms with Crippen molar-refractivity contribution in [1.29, 1.82) is 0 Å². The molecule has 0 radical (unpaired) electrons. The Labute approximate surface area is 137 Å². The van der Waals surface area contributed by atoms with Gasteiger partial charge in [-0.25, -0.2) is 0 Å². The van der Waals surface area contributed by atoms with Gasteiger partial charge >= 0.3 is 0 Å². The minimum Gasteiger partial charge on any atom is -0.376 e. The number of hydrogen-bond donors (Lipinski definition) is 2. The fraction of sp³-hybridized carbons (Fsp3) is 0.438. The van der Waals surface area contributed by atoms with Crippen LogP contribution < -0.4 is 10.6 Å². The van der Waals surface area contributed by atoms with E-state index in [0.717, 1.165) is 16.6 Å². The number of nitrogens with zero attached hydrogens (tertiary/aromatic N) is 1. The van der Waals surface area contributed by atoms with Crippen LogP contribution in [0.15, 0.2) is 17.5 Å². The van der Waals surface area contributed by atoms with E-state index < -0.39 is 5.54 Å². The number of amides is 2. The molecule has 0 bridgehead atoms. The van der Waals surface area contributed by atoms with Crippen molar-refractivity contribution >= 4 is 34.1 Å². The Morgan fingerprint density at radius 1 is 1.48 bits per heavy atom. The zero-order chi connectivity index (χ0) is 16.0. The van der Waals surface area contributed by atoms with Gasteiger partial charge in [-0.05, 0) is 19.4 Å². The molecule has 0 aromatic carbocycles. The third kappa shape index (κ3) is 2.40. The highest BCUT2D eigenvalue weighted by molar-refractivity contribution is 7.13. The molecule has 7 heteroatoms. The predicted molar refractivity (Wildman–Crippen MR) is 86.5 cm³/mol. The predicted octanol–water partition coefficient (Wildman–Crippen LogP) is 1.38. The van der Waals surface area contributed by atoms with E-state index in [-0.39, 0.29) is 17.9 Å². The molecule has 6 nitrogen and oxygen atoms in total. The smallest absolute Gasteiger partial charge is 0.263 e. The van der Waals surface area contributed by atoms with Crippen LogP contribution in [-0.2, 0) is 9.53 Å². The summed E-state index contributed by atoms with van der Waals surface area (Å²) in [7, 11) is 0. The highest BCUT2D eigenvalue weighted by Gasteiger charge is 2.50. The molecule has 1 spiro atoms. The van der Waals surface area contributed by atoms with Gasteiger partial charge in [-0.2, -0.15) is 0 Å². The number of aromatic nitrogens is 1. The van der Waals surface area contributed by atoms with E-state index in [4.69, 9.17) is 4.74 Å². The summed E-state index contributed by atoms with van der Waals surface area (Å²) in [6, 6.07) is 3.81. The molecule has 2 aliphatic rings. The zero-order valence-corrected chi connectivity index (χ0v) is 13.5. The summed E-state index contributed by atoms with van der Waals surface area (Å²) in [5, 5.41) is 8.99. The van der Waals surface area contributed by atoms with Crippen LogP contribution in [0.25, 0.3) is 10.9 Å². The molecule has 4 heterocycles. The van der Waals surface area contributed by atoms with E-state index >= 15 is 0 Å². The SMILES string of the molecule is Cc1ccc2csc(C(=O)NC3CCC(=O)NC34COC4)c2n1. The highest BCUT2D eigenvalue weighted by Crippen LogP contribution is 2.30. The molecule has 4 rings (SSSR count). The number of carbonyl (C=O) groups is 2. The molecule has 1 atom stereocenters. The maximum Gasteiger partial charge on any atom is 0.263 e. The van der Waals surface area contributed by atoms with Crippen LogP contribution in [0.5, 0.6) is 0 Å². The number of carbonyl (C=O) groups excluding carboxylic acids is 2. The quantitative estimate of drug-likeness (QED) is 0.871. The average molecular weight is 331 g/mol. The van der Waals surface area contributed by atoms with Gasteiger partial charge < -0.3 is 15.4 Å².